The first-order valence-electron chi connectivity index (χ1n) is 6.71. The topological polar surface area (TPSA) is 24.1 Å². The normalized spacial score (nSPS) is 36.4. The Bertz CT molecular complexity index is 213. The van der Waals surface area contributed by atoms with Crippen LogP contribution in [0.1, 0.15) is 39.0 Å². The largest absolute Gasteiger partial charge is 0.316 e. The van der Waals surface area contributed by atoms with Gasteiger partial charge in [0.05, 0.1) is 0 Å². The van der Waals surface area contributed by atoms with Crippen LogP contribution < -0.4 is 10.6 Å². The number of rotatable bonds is 5. The van der Waals surface area contributed by atoms with Crippen LogP contribution >= 0.6 is 0 Å². The lowest BCUT2D eigenvalue weighted by Gasteiger charge is -2.27. The third-order valence-electron chi connectivity index (χ3n) is 4.48. The predicted molar refractivity (Wildman–Crippen MR) is 62.8 cm³/mol. The van der Waals surface area contributed by atoms with E-state index in [1.54, 1.807) is 0 Å². The van der Waals surface area contributed by atoms with E-state index in [4.69, 9.17) is 0 Å². The second kappa shape index (κ2) is 3.74. The van der Waals surface area contributed by atoms with Crippen molar-refractivity contribution in [1.29, 1.82) is 0 Å². The minimum Gasteiger partial charge on any atom is -0.316 e. The van der Waals surface area contributed by atoms with E-state index in [0.717, 1.165) is 17.9 Å². The van der Waals surface area contributed by atoms with Crippen molar-refractivity contribution in [3.05, 3.63) is 0 Å². The van der Waals surface area contributed by atoms with Gasteiger partial charge in [-0.15, -0.1) is 0 Å². The van der Waals surface area contributed by atoms with Crippen LogP contribution in [-0.2, 0) is 0 Å². The zero-order valence-electron chi connectivity index (χ0n) is 9.89. The quantitative estimate of drug-likeness (QED) is 0.719. The molecule has 15 heavy (non-hydrogen) atoms. The van der Waals surface area contributed by atoms with Gasteiger partial charge in [-0.1, -0.05) is 6.92 Å². The molecule has 3 aliphatic rings. The van der Waals surface area contributed by atoms with Crippen molar-refractivity contribution in [2.45, 2.75) is 45.1 Å². The third kappa shape index (κ3) is 2.36. The summed E-state index contributed by atoms with van der Waals surface area (Å²) in [6.07, 6.45) is 7.31. The molecule has 86 valence electrons. The fourth-order valence-electron chi connectivity index (χ4n) is 3.01. The van der Waals surface area contributed by atoms with Gasteiger partial charge in [-0.2, -0.15) is 0 Å². The summed E-state index contributed by atoms with van der Waals surface area (Å²) in [4.78, 5) is 0. The number of hydrogen-bond acceptors (Lipinski definition) is 2. The van der Waals surface area contributed by atoms with Crippen LogP contribution in [0.25, 0.3) is 0 Å². The molecule has 3 rings (SSSR count). The minimum atomic E-state index is 0.530. The Morgan fingerprint density at radius 3 is 2.40 bits per heavy atom. The molecule has 1 heterocycles. The maximum Gasteiger partial charge on any atom is 0.0124 e. The molecular formula is C13H24N2. The average Bonchev–Trinajstić information content (AvgIpc) is 3.09. The number of nitrogens with one attached hydrogen (secondary N) is 2. The predicted octanol–water partition coefficient (Wildman–Crippen LogP) is 1.76. The SMILES string of the molecule is CC1(CNC(C2CC2)C2CC2)CCNC1. The van der Waals surface area contributed by atoms with Gasteiger partial charge in [0.2, 0.25) is 0 Å². The Morgan fingerprint density at radius 2 is 1.93 bits per heavy atom. The molecule has 1 saturated heterocycles. The van der Waals surface area contributed by atoms with E-state index >= 15 is 0 Å². The van der Waals surface area contributed by atoms with Gasteiger partial charge >= 0.3 is 0 Å². The van der Waals surface area contributed by atoms with Gasteiger partial charge in [-0.3, -0.25) is 0 Å². The highest BCUT2D eigenvalue weighted by Gasteiger charge is 2.42. The standard InChI is InChI=1S/C13H24N2/c1-13(6-7-14-8-13)9-15-12(10-2-3-10)11-4-5-11/h10-12,14-15H,2-9H2,1H3. The molecule has 0 amide bonds. The van der Waals surface area contributed by atoms with Crippen LogP contribution in [0, 0.1) is 17.3 Å². The fraction of sp³-hybridized carbons (Fsp3) is 1.00. The molecule has 2 aliphatic carbocycles. The zero-order valence-corrected chi connectivity index (χ0v) is 9.89. The maximum absolute atomic E-state index is 3.89. The zero-order chi connectivity index (χ0) is 10.3. The van der Waals surface area contributed by atoms with Gasteiger partial charge in [0.15, 0.2) is 0 Å². The van der Waals surface area contributed by atoms with E-state index in [1.807, 2.05) is 0 Å². The van der Waals surface area contributed by atoms with Crippen molar-refractivity contribution < 1.29 is 0 Å². The first-order chi connectivity index (χ1) is 7.27. The van der Waals surface area contributed by atoms with E-state index in [0.29, 0.717) is 5.41 Å². The van der Waals surface area contributed by atoms with Gasteiger partial charge in [-0.05, 0) is 55.9 Å². The molecule has 1 aliphatic heterocycles. The molecule has 2 N–H and O–H groups in total. The van der Waals surface area contributed by atoms with Crippen molar-refractivity contribution in [3.63, 3.8) is 0 Å². The van der Waals surface area contributed by atoms with E-state index in [-0.39, 0.29) is 0 Å². The van der Waals surface area contributed by atoms with Crippen LogP contribution in [0.5, 0.6) is 0 Å². The Balaban J connectivity index is 1.50. The van der Waals surface area contributed by atoms with Gasteiger partial charge in [-0.25, -0.2) is 0 Å². The first-order valence-corrected chi connectivity index (χ1v) is 6.71. The highest BCUT2D eigenvalue weighted by atomic mass is 15.0. The minimum absolute atomic E-state index is 0.530. The molecule has 0 spiro atoms. The Hall–Kier alpha value is -0.0800. The van der Waals surface area contributed by atoms with Crippen molar-refractivity contribution in [2.24, 2.45) is 17.3 Å². The van der Waals surface area contributed by atoms with Crippen molar-refractivity contribution >= 4 is 0 Å². The second-order valence-corrected chi connectivity index (χ2v) is 6.32. The van der Waals surface area contributed by atoms with Crippen LogP contribution in [-0.4, -0.2) is 25.7 Å². The highest BCUT2D eigenvalue weighted by molar-refractivity contribution is 4.98. The first kappa shape index (κ1) is 10.1. The van der Waals surface area contributed by atoms with Gasteiger partial charge < -0.3 is 10.6 Å². The lowest BCUT2D eigenvalue weighted by molar-refractivity contribution is 0.295. The molecule has 2 nitrogen and oxygen atoms in total. The Kier molecular flexibility index (Phi) is 2.52. The van der Waals surface area contributed by atoms with E-state index < -0.39 is 0 Å². The lowest BCUT2D eigenvalue weighted by atomic mass is 9.89. The molecular weight excluding hydrogens is 184 g/mol. The van der Waals surface area contributed by atoms with Gasteiger partial charge in [0.1, 0.15) is 0 Å². The fourth-order valence-corrected chi connectivity index (χ4v) is 3.01. The average molecular weight is 208 g/mol. The second-order valence-electron chi connectivity index (χ2n) is 6.32. The number of hydrogen-bond donors (Lipinski definition) is 2. The van der Waals surface area contributed by atoms with E-state index in [1.165, 1.54) is 51.7 Å². The monoisotopic (exact) mass is 208 g/mol. The summed E-state index contributed by atoms with van der Waals surface area (Å²) in [6, 6.07) is 0.877. The van der Waals surface area contributed by atoms with Crippen molar-refractivity contribution in [3.8, 4) is 0 Å². The molecule has 0 aromatic carbocycles. The summed E-state index contributed by atoms with van der Waals surface area (Å²) in [5.74, 6) is 2.07. The van der Waals surface area contributed by atoms with Crippen LogP contribution in [0.3, 0.4) is 0 Å². The van der Waals surface area contributed by atoms with Gasteiger partial charge in [0, 0.05) is 19.1 Å². The molecule has 3 fully saturated rings. The van der Waals surface area contributed by atoms with E-state index in [2.05, 4.69) is 17.6 Å². The summed E-state index contributed by atoms with van der Waals surface area (Å²) in [5, 5.41) is 7.37. The van der Waals surface area contributed by atoms with Gasteiger partial charge in [0.25, 0.3) is 0 Å². The van der Waals surface area contributed by atoms with Crippen LogP contribution in [0.15, 0.2) is 0 Å². The summed E-state index contributed by atoms with van der Waals surface area (Å²) >= 11 is 0. The third-order valence-corrected chi connectivity index (χ3v) is 4.48. The summed E-state index contributed by atoms with van der Waals surface area (Å²) in [7, 11) is 0. The molecule has 2 heteroatoms. The van der Waals surface area contributed by atoms with Crippen molar-refractivity contribution in [1.82, 2.24) is 10.6 Å². The molecule has 1 atom stereocenters. The molecule has 0 aromatic heterocycles. The Morgan fingerprint density at radius 1 is 1.27 bits per heavy atom. The summed E-state index contributed by atoms with van der Waals surface area (Å²) in [5.41, 5.74) is 0.530. The maximum atomic E-state index is 3.89. The molecule has 2 saturated carbocycles. The van der Waals surface area contributed by atoms with Crippen LogP contribution in [0.2, 0.25) is 0 Å². The summed E-state index contributed by atoms with van der Waals surface area (Å²) in [6.45, 7) is 6.09. The molecule has 0 bridgehead atoms. The summed E-state index contributed by atoms with van der Waals surface area (Å²) < 4.78 is 0. The van der Waals surface area contributed by atoms with E-state index in [9.17, 15) is 0 Å². The van der Waals surface area contributed by atoms with Crippen molar-refractivity contribution in [2.75, 3.05) is 19.6 Å². The smallest absolute Gasteiger partial charge is 0.0124 e. The lowest BCUT2D eigenvalue weighted by Crippen LogP contribution is -2.41. The molecule has 1 unspecified atom stereocenters. The molecule has 0 aromatic rings. The van der Waals surface area contributed by atoms with Crippen LogP contribution in [0.4, 0.5) is 0 Å². The Labute approximate surface area is 93.2 Å². The highest BCUT2D eigenvalue weighted by Crippen LogP contribution is 2.44. The molecule has 0 radical (unpaired) electrons.